The molecule has 0 radical (unpaired) electrons. The fourth-order valence-electron chi connectivity index (χ4n) is 2.70. The molecule has 1 aromatic rings. The van der Waals surface area contributed by atoms with E-state index >= 15 is 0 Å². The normalized spacial score (nSPS) is 12.9. The lowest BCUT2D eigenvalue weighted by Crippen LogP contribution is -2.38. The average molecular weight is 248 g/mol. The lowest BCUT2D eigenvalue weighted by molar-refractivity contribution is 0.311. The van der Waals surface area contributed by atoms with Crippen LogP contribution in [0.2, 0.25) is 0 Å². The van der Waals surface area contributed by atoms with Crippen LogP contribution in [-0.2, 0) is 6.42 Å². The molecule has 0 saturated carbocycles. The van der Waals surface area contributed by atoms with Crippen LogP contribution in [-0.4, -0.2) is 17.6 Å². The Morgan fingerprint density at radius 1 is 1.11 bits per heavy atom. The van der Waals surface area contributed by atoms with E-state index in [9.17, 15) is 0 Å². The van der Waals surface area contributed by atoms with Gasteiger partial charge < -0.3 is 5.32 Å². The fraction of sp³-hybridized carbons (Fsp3) is 0.688. The third kappa shape index (κ3) is 5.18. The van der Waals surface area contributed by atoms with Crippen molar-refractivity contribution in [3.63, 3.8) is 0 Å². The quantitative estimate of drug-likeness (QED) is 0.718. The molecular formula is C16H28N2. The summed E-state index contributed by atoms with van der Waals surface area (Å²) in [6, 6.07) is 6.78. The van der Waals surface area contributed by atoms with Crippen molar-refractivity contribution in [3.8, 4) is 0 Å². The van der Waals surface area contributed by atoms with Crippen molar-refractivity contribution in [2.24, 2.45) is 5.92 Å². The van der Waals surface area contributed by atoms with E-state index in [1.54, 1.807) is 0 Å². The second-order valence-corrected chi connectivity index (χ2v) is 5.03. The van der Waals surface area contributed by atoms with Gasteiger partial charge in [-0.05, 0) is 37.4 Å². The maximum atomic E-state index is 4.46. The van der Waals surface area contributed by atoms with Gasteiger partial charge in [-0.2, -0.15) is 0 Å². The summed E-state index contributed by atoms with van der Waals surface area (Å²) in [6.45, 7) is 7.81. The van der Waals surface area contributed by atoms with Gasteiger partial charge in [-0.1, -0.05) is 39.7 Å². The van der Waals surface area contributed by atoms with Gasteiger partial charge in [0, 0.05) is 24.4 Å². The molecule has 0 amide bonds. The third-order valence-corrected chi connectivity index (χ3v) is 3.51. The third-order valence-electron chi connectivity index (χ3n) is 3.51. The molecule has 0 spiro atoms. The number of nitrogens with zero attached hydrogens (tertiary/aromatic N) is 1. The number of rotatable bonds is 9. The molecule has 0 saturated heterocycles. The smallest absolute Gasteiger partial charge is 0.0419 e. The van der Waals surface area contributed by atoms with Gasteiger partial charge in [-0.25, -0.2) is 0 Å². The molecule has 1 unspecified atom stereocenters. The monoisotopic (exact) mass is 248 g/mol. The molecule has 1 heterocycles. The molecule has 0 aromatic carbocycles. The summed E-state index contributed by atoms with van der Waals surface area (Å²) >= 11 is 0. The second kappa shape index (κ2) is 9.09. The summed E-state index contributed by atoms with van der Waals surface area (Å²) in [5, 5.41) is 3.66. The Kier molecular flexibility index (Phi) is 7.66. The van der Waals surface area contributed by atoms with Crippen molar-refractivity contribution in [1.82, 2.24) is 10.3 Å². The van der Waals surface area contributed by atoms with Crippen molar-refractivity contribution in [2.75, 3.05) is 6.54 Å². The van der Waals surface area contributed by atoms with Gasteiger partial charge in [0.05, 0.1) is 0 Å². The van der Waals surface area contributed by atoms with E-state index in [1.807, 2.05) is 12.3 Å². The Labute approximate surface area is 112 Å². The molecule has 18 heavy (non-hydrogen) atoms. The topological polar surface area (TPSA) is 24.9 Å². The highest BCUT2D eigenvalue weighted by Gasteiger charge is 2.19. The number of nitrogens with one attached hydrogen (secondary N) is 1. The van der Waals surface area contributed by atoms with Crippen molar-refractivity contribution in [1.29, 1.82) is 0 Å². The minimum absolute atomic E-state index is 0.574. The Morgan fingerprint density at radius 3 is 2.33 bits per heavy atom. The van der Waals surface area contributed by atoms with E-state index in [0.717, 1.165) is 18.9 Å². The summed E-state index contributed by atoms with van der Waals surface area (Å²) in [4.78, 5) is 4.46. The zero-order valence-electron chi connectivity index (χ0n) is 12.2. The van der Waals surface area contributed by atoms with Crippen LogP contribution in [0.4, 0.5) is 0 Å². The van der Waals surface area contributed by atoms with Gasteiger partial charge in [0.25, 0.3) is 0 Å². The maximum absolute atomic E-state index is 4.46. The molecule has 2 heteroatoms. The Bertz CT molecular complexity index is 291. The van der Waals surface area contributed by atoms with Crippen molar-refractivity contribution < 1.29 is 0 Å². The zero-order valence-corrected chi connectivity index (χ0v) is 12.2. The molecule has 1 atom stereocenters. The Hall–Kier alpha value is -0.890. The van der Waals surface area contributed by atoms with Crippen LogP contribution in [0, 0.1) is 5.92 Å². The second-order valence-electron chi connectivity index (χ2n) is 5.03. The SMILES string of the molecule is CCCC(CCC)C(Cc1ccccn1)NCC. The molecule has 0 aliphatic carbocycles. The molecule has 0 fully saturated rings. The van der Waals surface area contributed by atoms with Gasteiger partial charge >= 0.3 is 0 Å². The van der Waals surface area contributed by atoms with Gasteiger partial charge in [0.2, 0.25) is 0 Å². The highest BCUT2D eigenvalue weighted by atomic mass is 14.9. The van der Waals surface area contributed by atoms with E-state index in [0.29, 0.717) is 6.04 Å². The van der Waals surface area contributed by atoms with Gasteiger partial charge in [0.15, 0.2) is 0 Å². The van der Waals surface area contributed by atoms with Crippen molar-refractivity contribution in [2.45, 2.75) is 58.9 Å². The molecular weight excluding hydrogens is 220 g/mol. The first-order valence-electron chi connectivity index (χ1n) is 7.45. The number of aromatic nitrogens is 1. The van der Waals surface area contributed by atoms with Crippen LogP contribution >= 0.6 is 0 Å². The molecule has 0 bridgehead atoms. The molecule has 0 aliphatic rings. The van der Waals surface area contributed by atoms with Crippen LogP contribution in [0.5, 0.6) is 0 Å². The molecule has 0 aliphatic heterocycles. The minimum Gasteiger partial charge on any atom is -0.314 e. The lowest BCUT2D eigenvalue weighted by atomic mass is 9.87. The molecule has 1 aromatic heterocycles. The van der Waals surface area contributed by atoms with Crippen molar-refractivity contribution in [3.05, 3.63) is 30.1 Å². The summed E-state index contributed by atoms with van der Waals surface area (Å²) in [5.74, 6) is 0.780. The molecule has 1 N–H and O–H groups in total. The first kappa shape index (κ1) is 15.2. The highest BCUT2D eigenvalue weighted by molar-refractivity contribution is 5.05. The molecule has 102 valence electrons. The lowest BCUT2D eigenvalue weighted by Gasteiger charge is -2.27. The zero-order chi connectivity index (χ0) is 13.2. The van der Waals surface area contributed by atoms with Gasteiger partial charge in [-0.15, -0.1) is 0 Å². The standard InChI is InChI=1S/C16H28N2/c1-4-9-14(10-5-2)16(17-6-3)13-15-11-7-8-12-18-15/h7-8,11-12,14,16-17H,4-6,9-10,13H2,1-3H3. The largest absolute Gasteiger partial charge is 0.314 e. The molecule has 2 nitrogen and oxygen atoms in total. The number of likely N-dealkylation sites (N-methyl/N-ethyl adjacent to an activating group) is 1. The van der Waals surface area contributed by atoms with E-state index in [1.165, 1.54) is 31.4 Å². The highest BCUT2D eigenvalue weighted by Crippen LogP contribution is 2.20. The first-order chi connectivity index (χ1) is 8.81. The van der Waals surface area contributed by atoms with E-state index < -0.39 is 0 Å². The molecule has 1 rings (SSSR count). The Balaban J connectivity index is 2.66. The average Bonchev–Trinajstić information content (AvgIpc) is 2.39. The minimum atomic E-state index is 0.574. The first-order valence-corrected chi connectivity index (χ1v) is 7.45. The number of hydrogen-bond donors (Lipinski definition) is 1. The van der Waals surface area contributed by atoms with E-state index in [-0.39, 0.29) is 0 Å². The number of hydrogen-bond acceptors (Lipinski definition) is 2. The maximum Gasteiger partial charge on any atom is 0.0419 e. The van der Waals surface area contributed by atoms with Crippen molar-refractivity contribution >= 4 is 0 Å². The van der Waals surface area contributed by atoms with Gasteiger partial charge in [-0.3, -0.25) is 4.98 Å². The fourth-order valence-corrected chi connectivity index (χ4v) is 2.70. The van der Waals surface area contributed by atoms with E-state index in [2.05, 4.69) is 43.2 Å². The summed E-state index contributed by atoms with van der Waals surface area (Å²) < 4.78 is 0. The summed E-state index contributed by atoms with van der Waals surface area (Å²) in [5.41, 5.74) is 1.21. The van der Waals surface area contributed by atoms with Crippen LogP contribution in [0.25, 0.3) is 0 Å². The predicted molar refractivity (Wildman–Crippen MR) is 78.7 cm³/mol. The summed E-state index contributed by atoms with van der Waals surface area (Å²) in [7, 11) is 0. The van der Waals surface area contributed by atoms with E-state index in [4.69, 9.17) is 0 Å². The van der Waals surface area contributed by atoms with Crippen LogP contribution in [0.1, 0.15) is 52.1 Å². The predicted octanol–water partition coefficient (Wildman–Crippen LogP) is 3.82. The van der Waals surface area contributed by atoms with Gasteiger partial charge in [0.1, 0.15) is 0 Å². The summed E-state index contributed by atoms with van der Waals surface area (Å²) in [6.07, 6.45) is 8.13. The Morgan fingerprint density at radius 2 is 1.83 bits per heavy atom. The number of pyridine rings is 1. The van der Waals surface area contributed by atoms with Crippen LogP contribution < -0.4 is 5.32 Å². The van der Waals surface area contributed by atoms with Crippen LogP contribution in [0.3, 0.4) is 0 Å². The van der Waals surface area contributed by atoms with Crippen LogP contribution in [0.15, 0.2) is 24.4 Å².